The van der Waals surface area contributed by atoms with E-state index in [9.17, 15) is 0 Å². The molecule has 0 aromatic heterocycles. The zero-order valence-electron chi connectivity index (χ0n) is 9.62. The van der Waals surface area contributed by atoms with Gasteiger partial charge in [0.15, 0.2) is 0 Å². The maximum atomic E-state index is 5.08. The lowest BCUT2D eigenvalue weighted by molar-refractivity contribution is 0.329. The van der Waals surface area contributed by atoms with Gasteiger partial charge in [0.2, 0.25) is 0 Å². The molecule has 0 rings (SSSR count). The lowest BCUT2D eigenvalue weighted by Gasteiger charge is -2.28. The van der Waals surface area contributed by atoms with Crippen molar-refractivity contribution < 1.29 is 0 Å². The summed E-state index contributed by atoms with van der Waals surface area (Å²) >= 11 is 9.32. The molecule has 0 bridgehead atoms. The van der Waals surface area contributed by atoms with Crippen molar-refractivity contribution in [1.29, 1.82) is 0 Å². The smallest absolute Gasteiger partial charge is 0.133 e. The average Bonchev–Trinajstić information content (AvgIpc) is 2.13. The van der Waals surface area contributed by atoms with Crippen LogP contribution in [-0.2, 0) is 0 Å². The number of nitrogens with zero attached hydrogens (tertiary/aromatic N) is 1. The van der Waals surface area contributed by atoms with Gasteiger partial charge in [-0.25, -0.2) is 0 Å². The molecule has 1 nitrogen and oxygen atoms in total. The van der Waals surface area contributed by atoms with Crippen LogP contribution in [0.1, 0.15) is 52.9 Å². The Hall–Kier alpha value is 0.240. The Labute approximate surface area is 99.7 Å². The van der Waals surface area contributed by atoms with Crippen LogP contribution in [0.15, 0.2) is 0 Å². The molecular formula is C11H23NS2. The van der Waals surface area contributed by atoms with Gasteiger partial charge in [0.05, 0.1) is 0 Å². The van der Waals surface area contributed by atoms with Crippen molar-refractivity contribution in [1.82, 2.24) is 4.90 Å². The summed E-state index contributed by atoms with van der Waals surface area (Å²) in [5.41, 5.74) is 0. The number of thiocarbonyl (C=S) groups is 1. The topological polar surface area (TPSA) is 3.24 Å². The second-order valence-electron chi connectivity index (χ2n) is 3.77. The molecule has 0 aromatic rings. The minimum atomic E-state index is 0.543. The highest BCUT2D eigenvalue weighted by atomic mass is 32.1. The van der Waals surface area contributed by atoms with Crippen LogP contribution in [0, 0.1) is 0 Å². The predicted molar refractivity (Wildman–Crippen MR) is 72.2 cm³/mol. The standard InChI is InChI=1S/C11H23NS2/c1-4-6-7-8-9-10(3)12(5-2)11(13)14/h10H,4-9H2,1-3H3,(H,13,14). The zero-order valence-corrected chi connectivity index (χ0v) is 11.3. The maximum absolute atomic E-state index is 5.08. The SMILES string of the molecule is CCCCCCC(C)N(CC)C(=S)S. The Morgan fingerprint density at radius 3 is 2.36 bits per heavy atom. The van der Waals surface area contributed by atoms with Gasteiger partial charge in [0, 0.05) is 12.6 Å². The third-order valence-electron chi connectivity index (χ3n) is 2.59. The molecule has 0 N–H and O–H groups in total. The fraction of sp³-hybridized carbons (Fsp3) is 0.909. The van der Waals surface area contributed by atoms with Gasteiger partial charge >= 0.3 is 0 Å². The lowest BCUT2D eigenvalue weighted by Crippen LogP contribution is -2.34. The first-order valence-corrected chi connectivity index (χ1v) is 6.48. The second-order valence-corrected chi connectivity index (χ2v) is 4.88. The lowest BCUT2D eigenvalue weighted by atomic mass is 10.1. The fourth-order valence-corrected chi connectivity index (χ4v) is 2.31. The van der Waals surface area contributed by atoms with Crippen LogP contribution >= 0.6 is 24.8 Å². The van der Waals surface area contributed by atoms with Gasteiger partial charge in [-0.1, -0.05) is 44.8 Å². The summed E-state index contributed by atoms with van der Waals surface area (Å²) in [5, 5.41) is 0. The van der Waals surface area contributed by atoms with E-state index in [2.05, 4.69) is 38.3 Å². The van der Waals surface area contributed by atoms with Crippen LogP contribution in [0.4, 0.5) is 0 Å². The summed E-state index contributed by atoms with van der Waals surface area (Å²) in [7, 11) is 0. The van der Waals surface area contributed by atoms with Crippen molar-refractivity contribution in [2.75, 3.05) is 6.54 Å². The van der Waals surface area contributed by atoms with Crippen molar-refractivity contribution in [3.8, 4) is 0 Å². The first-order valence-electron chi connectivity index (χ1n) is 5.63. The van der Waals surface area contributed by atoms with Gasteiger partial charge in [-0.3, -0.25) is 0 Å². The first kappa shape index (κ1) is 14.2. The third kappa shape index (κ3) is 5.86. The molecule has 0 spiro atoms. The second kappa shape index (κ2) is 8.54. The van der Waals surface area contributed by atoms with Crippen LogP contribution in [0.5, 0.6) is 0 Å². The quantitative estimate of drug-likeness (QED) is 0.404. The Morgan fingerprint density at radius 2 is 1.93 bits per heavy atom. The summed E-state index contributed by atoms with van der Waals surface area (Å²) in [6.45, 7) is 7.57. The van der Waals surface area contributed by atoms with Gasteiger partial charge in [0.25, 0.3) is 0 Å². The summed E-state index contributed by atoms with van der Waals surface area (Å²) in [5.74, 6) is 0. The molecule has 0 saturated heterocycles. The molecular weight excluding hydrogens is 210 g/mol. The van der Waals surface area contributed by atoms with E-state index in [0.29, 0.717) is 6.04 Å². The molecule has 0 aromatic carbocycles. The first-order chi connectivity index (χ1) is 6.63. The molecule has 0 radical (unpaired) electrons. The van der Waals surface area contributed by atoms with Gasteiger partial charge in [-0.2, -0.15) is 0 Å². The van der Waals surface area contributed by atoms with Crippen LogP contribution < -0.4 is 0 Å². The van der Waals surface area contributed by atoms with Crippen LogP contribution in [0.2, 0.25) is 0 Å². The number of hydrogen-bond donors (Lipinski definition) is 1. The zero-order chi connectivity index (χ0) is 11.0. The fourth-order valence-electron chi connectivity index (χ4n) is 1.66. The summed E-state index contributed by atoms with van der Waals surface area (Å²) in [4.78, 5) is 2.18. The molecule has 0 aliphatic rings. The minimum absolute atomic E-state index is 0.543. The van der Waals surface area contributed by atoms with Crippen LogP contribution in [-0.4, -0.2) is 21.8 Å². The predicted octanol–water partition coefficient (Wildman–Crippen LogP) is 3.88. The van der Waals surface area contributed by atoms with E-state index in [-0.39, 0.29) is 0 Å². The van der Waals surface area contributed by atoms with Crippen molar-refractivity contribution >= 4 is 29.2 Å². The third-order valence-corrected chi connectivity index (χ3v) is 3.09. The Bertz CT molecular complexity index is 159. The van der Waals surface area contributed by atoms with E-state index < -0.39 is 0 Å². The van der Waals surface area contributed by atoms with Gasteiger partial charge in [-0.15, -0.1) is 12.6 Å². The van der Waals surface area contributed by atoms with E-state index in [1.165, 1.54) is 32.1 Å². The normalized spacial score (nSPS) is 12.6. The highest BCUT2D eigenvalue weighted by Crippen LogP contribution is 2.12. The number of unbranched alkanes of at least 4 members (excludes halogenated alkanes) is 3. The number of thiol groups is 1. The highest BCUT2D eigenvalue weighted by Gasteiger charge is 2.11. The largest absolute Gasteiger partial charge is 0.355 e. The van der Waals surface area contributed by atoms with Gasteiger partial charge < -0.3 is 4.90 Å². The van der Waals surface area contributed by atoms with E-state index in [1.54, 1.807) is 0 Å². The van der Waals surface area contributed by atoms with E-state index >= 15 is 0 Å². The van der Waals surface area contributed by atoms with Crippen LogP contribution in [0.25, 0.3) is 0 Å². The summed E-state index contributed by atoms with van der Waals surface area (Å²) in [6.07, 6.45) is 6.54. The molecule has 84 valence electrons. The molecule has 3 heteroatoms. The molecule has 1 atom stereocenters. The maximum Gasteiger partial charge on any atom is 0.133 e. The molecule has 0 saturated carbocycles. The molecule has 1 unspecified atom stereocenters. The molecule has 0 heterocycles. The van der Waals surface area contributed by atoms with Crippen LogP contribution in [0.3, 0.4) is 0 Å². The van der Waals surface area contributed by atoms with Gasteiger partial charge in [-0.05, 0) is 20.3 Å². The van der Waals surface area contributed by atoms with E-state index in [0.717, 1.165) is 10.9 Å². The summed E-state index contributed by atoms with van der Waals surface area (Å²) < 4.78 is 0.732. The van der Waals surface area contributed by atoms with Crippen molar-refractivity contribution in [2.45, 2.75) is 58.9 Å². The molecule has 0 amide bonds. The van der Waals surface area contributed by atoms with Gasteiger partial charge in [0.1, 0.15) is 4.32 Å². The summed E-state index contributed by atoms with van der Waals surface area (Å²) in [6, 6.07) is 0.543. The van der Waals surface area contributed by atoms with E-state index in [4.69, 9.17) is 12.2 Å². The molecule has 14 heavy (non-hydrogen) atoms. The molecule has 0 aliphatic carbocycles. The highest BCUT2D eigenvalue weighted by molar-refractivity contribution is 8.10. The number of rotatable bonds is 7. The molecule has 0 aliphatic heterocycles. The Balaban J connectivity index is 3.69. The monoisotopic (exact) mass is 233 g/mol. The number of hydrogen-bond acceptors (Lipinski definition) is 1. The Kier molecular flexibility index (Phi) is 8.69. The van der Waals surface area contributed by atoms with Crippen molar-refractivity contribution in [3.63, 3.8) is 0 Å². The van der Waals surface area contributed by atoms with E-state index in [1.807, 2.05) is 0 Å². The average molecular weight is 233 g/mol. The molecule has 0 fully saturated rings. The Morgan fingerprint density at radius 1 is 1.29 bits per heavy atom. The van der Waals surface area contributed by atoms with Crippen molar-refractivity contribution in [2.24, 2.45) is 0 Å². The van der Waals surface area contributed by atoms with Crippen molar-refractivity contribution in [3.05, 3.63) is 0 Å². The minimum Gasteiger partial charge on any atom is -0.355 e.